The molecule has 0 saturated carbocycles. The Kier molecular flexibility index (Phi) is 52.4. The quantitative estimate of drug-likeness (QED) is 0.582. The summed E-state index contributed by atoms with van der Waals surface area (Å²) < 4.78 is 17.0. The Labute approximate surface area is 114 Å². The third kappa shape index (κ3) is 106. The van der Waals surface area contributed by atoms with E-state index in [9.17, 15) is 0 Å². The van der Waals surface area contributed by atoms with E-state index in [1.165, 1.54) is 12.8 Å². The molecule has 6 heteroatoms. The van der Waals surface area contributed by atoms with E-state index in [1.807, 2.05) is 12.2 Å². The number of allylic oxidation sites excluding steroid dienone is 2. The number of hydrogen-bond acceptors (Lipinski definition) is 2. The van der Waals surface area contributed by atoms with Crippen LogP contribution in [0.3, 0.4) is 0 Å². The fourth-order valence-electron chi connectivity index (χ4n) is 0.655. The zero-order valence-electron chi connectivity index (χ0n) is 11.7. The smallest absolute Gasteiger partial charge is 0.162 e. The molecule has 0 aromatic heterocycles. The van der Waals surface area contributed by atoms with Crippen molar-refractivity contribution in [1.82, 2.24) is 0 Å². The van der Waals surface area contributed by atoms with Gasteiger partial charge < -0.3 is 0 Å². The van der Waals surface area contributed by atoms with Gasteiger partial charge in [-0.2, -0.15) is 9.79 Å². The number of hydrogen-bond donors (Lipinski definition) is 2. The number of rotatable bonds is 5. The van der Waals surface area contributed by atoms with Crippen molar-refractivity contribution in [3.63, 3.8) is 0 Å². The standard InChI is InChI=1S/C7H14.C5H10.2HO2P/c1-4-5-6-7(2)3;1-3-5-4-2;2*1-3-2/h4,7H,1,5-6H2,2-3H3;3H,1,4-5H2,2H3;2*3H/p+2. The van der Waals surface area contributed by atoms with Crippen LogP contribution >= 0.6 is 17.4 Å². The topological polar surface area (TPSA) is 74.6 Å². The minimum absolute atomic E-state index is 0.831. The molecule has 4 nitrogen and oxygen atoms in total. The molecule has 0 aliphatic rings. The highest BCUT2D eigenvalue weighted by Crippen LogP contribution is 2.02. The van der Waals surface area contributed by atoms with E-state index in [4.69, 9.17) is 18.9 Å². The van der Waals surface area contributed by atoms with Gasteiger partial charge in [0.2, 0.25) is 0 Å². The first-order valence-electron chi connectivity index (χ1n) is 5.76. The minimum Gasteiger partial charge on any atom is -0.162 e. The van der Waals surface area contributed by atoms with E-state index in [2.05, 4.69) is 33.9 Å². The van der Waals surface area contributed by atoms with E-state index in [1.54, 1.807) is 0 Å². The average molecular weight is 298 g/mol. The second-order valence-corrected chi connectivity index (χ2v) is 3.88. The van der Waals surface area contributed by atoms with Gasteiger partial charge in [-0.05, 0) is 34.3 Å². The van der Waals surface area contributed by atoms with E-state index in [-0.39, 0.29) is 0 Å². The molecule has 18 heavy (non-hydrogen) atoms. The fraction of sp³-hybridized carbons (Fsp3) is 0.667. The Bertz CT molecular complexity index is 167. The van der Waals surface area contributed by atoms with Gasteiger partial charge in [0.05, 0.1) is 0 Å². The summed E-state index contributed by atoms with van der Waals surface area (Å²) in [6.45, 7) is 13.8. The van der Waals surface area contributed by atoms with Crippen LogP contribution in [-0.2, 0) is 9.13 Å². The van der Waals surface area contributed by atoms with Gasteiger partial charge in [-0.15, -0.1) is 13.2 Å². The summed E-state index contributed by atoms with van der Waals surface area (Å²) in [7, 11) is -2.33. The molecule has 0 aromatic rings. The summed E-state index contributed by atoms with van der Waals surface area (Å²) in [5.41, 5.74) is 0. The molecular weight excluding hydrogens is 270 g/mol. The summed E-state index contributed by atoms with van der Waals surface area (Å²) >= 11 is 0. The Morgan fingerprint density at radius 3 is 1.44 bits per heavy atom. The van der Waals surface area contributed by atoms with Gasteiger partial charge in [0.15, 0.2) is 0 Å². The molecule has 0 radical (unpaired) electrons. The van der Waals surface area contributed by atoms with Crippen molar-refractivity contribution in [2.75, 3.05) is 0 Å². The lowest BCUT2D eigenvalue weighted by atomic mass is 10.1. The zero-order chi connectivity index (χ0) is 15.2. The largest absolute Gasteiger partial charge is 0.491 e. The summed E-state index contributed by atoms with van der Waals surface area (Å²) in [5, 5.41) is 0. The lowest BCUT2D eigenvalue weighted by Gasteiger charge is -1.96. The lowest BCUT2D eigenvalue weighted by Crippen LogP contribution is -1.82. The third-order valence-corrected chi connectivity index (χ3v) is 1.44. The normalized spacial score (nSPS) is 8.11. The van der Waals surface area contributed by atoms with Gasteiger partial charge in [0, 0.05) is 0 Å². The Morgan fingerprint density at radius 2 is 1.39 bits per heavy atom. The summed E-state index contributed by atoms with van der Waals surface area (Å²) in [5.74, 6) is 0.831. The van der Waals surface area contributed by atoms with Gasteiger partial charge in [-0.25, -0.2) is 0 Å². The second-order valence-electron chi connectivity index (χ2n) is 3.52. The molecule has 0 saturated heterocycles. The van der Waals surface area contributed by atoms with Crippen LogP contribution in [0.25, 0.3) is 0 Å². The molecule has 2 N–H and O–H groups in total. The predicted molar refractivity (Wildman–Crippen MR) is 81.8 cm³/mol. The molecule has 0 aliphatic carbocycles. The van der Waals surface area contributed by atoms with Crippen LogP contribution in [0.1, 0.15) is 46.5 Å². The Balaban J connectivity index is -0.0000000784. The van der Waals surface area contributed by atoms with Crippen molar-refractivity contribution in [3.8, 4) is 0 Å². The van der Waals surface area contributed by atoms with Gasteiger partial charge in [-0.3, -0.25) is 0 Å². The molecule has 0 amide bonds. The molecule has 0 heterocycles. The molecule has 0 spiro atoms. The molecule has 0 fully saturated rings. The zero-order valence-corrected chi connectivity index (χ0v) is 13.7. The first-order chi connectivity index (χ1) is 8.51. The molecule has 2 atom stereocenters. The molecule has 2 unspecified atom stereocenters. The maximum absolute atomic E-state index is 8.51. The van der Waals surface area contributed by atoms with Crippen molar-refractivity contribution in [1.29, 1.82) is 0 Å². The molecule has 0 rings (SSSR count). The van der Waals surface area contributed by atoms with Gasteiger partial charge in [0.1, 0.15) is 0 Å². The van der Waals surface area contributed by atoms with E-state index in [0.717, 1.165) is 18.8 Å². The first-order valence-corrected chi connectivity index (χ1v) is 7.47. The van der Waals surface area contributed by atoms with Crippen LogP contribution in [0.15, 0.2) is 25.3 Å². The van der Waals surface area contributed by atoms with Crippen molar-refractivity contribution in [2.45, 2.75) is 46.5 Å². The number of unbranched alkanes of at least 4 members (excludes halogenated alkanes) is 1. The predicted octanol–water partition coefficient (Wildman–Crippen LogP) is 4.42. The van der Waals surface area contributed by atoms with Crippen molar-refractivity contribution in [3.05, 3.63) is 25.3 Å². The van der Waals surface area contributed by atoms with E-state index >= 15 is 0 Å². The molecular formula is C12H28O4P2+2. The first kappa shape index (κ1) is 26.2. The van der Waals surface area contributed by atoms with Crippen LogP contribution in [0.5, 0.6) is 0 Å². The van der Waals surface area contributed by atoms with Crippen LogP contribution < -0.4 is 0 Å². The highest BCUT2D eigenvalue weighted by molar-refractivity contribution is 7.16. The maximum Gasteiger partial charge on any atom is 0.491 e. The van der Waals surface area contributed by atoms with E-state index < -0.39 is 17.4 Å². The minimum atomic E-state index is -1.17. The molecule has 0 bridgehead atoms. The Morgan fingerprint density at radius 1 is 1.06 bits per heavy atom. The second kappa shape index (κ2) is 36.0. The summed E-state index contributed by atoms with van der Waals surface area (Å²) in [6, 6.07) is 0. The van der Waals surface area contributed by atoms with Crippen LogP contribution in [-0.4, -0.2) is 9.79 Å². The molecule has 0 aromatic carbocycles. The van der Waals surface area contributed by atoms with Crippen molar-refractivity contribution in [2.24, 2.45) is 5.92 Å². The summed E-state index contributed by atoms with van der Waals surface area (Å²) in [4.78, 5) is 14.1. The van der Waals surface area contributed by atoms with Crippen LogP contribution in [0, 0.1) is 5.92 Å². The van der Waals surface area contributed by atoms with Gasteiger partial charge in [-0.1, -0.05) is 39.3 Å². The maximum atomic E-state index is 8.51. The van der Waals surface area contributed by atoms with Gasteiger partial charge >= 0.3 is 17.4 Å². The summed E-state index contributed by atoms with van der Waals surface area (Å²) in [6.07, 6.45) is 8.73. The third-order valence-electron chi connectivity index (χ3n) is 1.44. The average Bonchev–Trinajstić information content (AvgIpc) is 2.30. The highest BCUT2D eigenvalue weighted by Gasteiger charge is 1.87. The molecule has 0 aliphatic heterocycles. The van der Waals surface area contributed by atoms with Crippen LogP contribution in [0.4, 0.5) is 0 Å². The molecule has 108 valence electrons. The Hall–Kier alpha value is -0.400. The van der Waals surface area contributed by atoms with Crippen molar-refractivity contribution >= 4 is 17.4 Å². The van der Waals surface area contributed by atoms with E-state index in [0.29, 0.717) is 0 Å². The SMILES string of the molecule is C=CCCC.C=CCCC(C)C.O=[PH+]O.O=[PH+]O. The van der Waals surface area contributed by atoms with Crippen molar-refractivity contribution < 1.29 is 18.9 Å². The highest BCUT2D eigenvalue weighted by atomic mass is 31.1. The van der Waals surface area contributed by atoms with Crippen LogP contribution in [0.2, 0.25) is 0 Å². The van der Waals surface area contributed by atoms with Gasteiger partial charge in [0.25, 0.3) is 0 Å². The fourth-order valence-corrected chi connectivity index (χ4v) is 0.655. The lowest BCUT2D eigenvalue weighted by molar-refractivity contribution is 0.523. The monoisotopic (exact) mass is 298 g/mol.